The highest BCUT2D eigenvalue weighted by Crippen LogP contribution is 2.26. The van der Waals surface area contributed by atoms with Crippen molar-refractivity contribution >= 4 is 22.4 Å². The second-order valence-corrected chi connectivity index (χ2v) is 7.70. The lowest BCUT2D eigenvalue weighted by Crippen LogP contribution is -2.20. The molecule has 0 bridgehead atoms. The van der Waals surface area contributed by atoms with E-state index in [-0.39, 0.29) is 22.4 Å². The molecule has 1 amide bonds. The zero-order valence-corrected chi connectivity index (χ0v) is 16.6. The van der Waals surface area contributed by atoms with Crippen molar-refractivity contribution in [1.82, 2.24) is 9.97 Å². The molecule has 0 spiro atoms. The molecule has 0 aliphatic rings. The molecule has 1 atom stereocenters. The number of rotatable bonds is 7. The number of hydrogen-bond donors (Lipinski definition) is 2. The summed E-state index contributed by atoms with van der Waals surface area (Å²) in [6, 6.07) is 11.5. The van der Waals surface area contributed by atoms with Gasteiger partial charge in [0.1, 0.15) is 10.8 Å². The molecule has 0 aliphatic carbocycles. The number of halogens is 3. The predicted octanol–water partition coefficient (Wildman–Crippen LogP) is 4.22. The highest BCUT2D eigenvalue weighted by Gasteiger charge is 2.29. The number of ether oxygens (including phenoxy) is 1. The first-order chi connectivity index (χ1) is 14.2. The van der Waals surface area contributed by atoms with Gasteiger partial charge in [-0.25, -0.2) is 0 Å². The fourth-order valence-electron chi connectivity index (χ4n) is 2.64. The molecule has 10 heteroatoms. The van der Waals surface area contributed by atoms with Gasteiger partial charge in [-0.1, -0.05) is 18.2 Å². The van der Waals surface area contributed by atoms with E-state index in [0.717, 1.165) is 0 Å². The molecule has 30 heavy (non-hydrogen) atoms. The van der Waals surface area contributed by atoms with Crippen molar-refractivity contribution in [3.05, 3.63) is 71.7 Å². The number of aromatic amines is 1. The number of H-pyrrole nitrogens is 1. The maximum Gasteiger partial charge on any atom is 0.422 e. The highest BCUT2D eigenvalue weighted by molar-refractivity contribution is 7.84. The zero-order valence-electron chi connectivity index (χ0n) is 15.8. The SMILES string of the molecule is Cc1c(OCC(F)(F)F)ccnc1C[S@@](=O)c1[nH]ccc1NC(=O)c1ccccc1. The lowest BCUT2D eigenvalue weighted by atomic mass is 10.2. The van der Waals surface area contributed by atoms with Gasteiger partial charge in [-0.05, 0) is 31.2 Å². The van der Waals surface area contributed by atoms with Crippen molar-refractivity contribution < 1.29 is 26.9 Å². The third kappa shape index (κ3) is 5.47. The van der Waals surface area contributed by atoms with Crippen LogP contribution in [0, 0.1) is 6.92 Å². The average molecular weight is 437 g/mol. The van der Waals surface area contributed by atoms with Gasteiger partial charge in [-0.3, -0.25) is 14.0 Å². The molecule has 2 N–H and O–H groups in total. The molecule has 0 saturated carbocycles. The van der Waals surface area contributed by atoms with E-state index in [1.807, 2.05) is 0 Å². The number of alkyl halides is 3. The molecule has 3 aromatic rings. The van der Waals surface area contributed by atoms with Crippen LogP contribution in [0.4, 0.5) is 18.9 Å². The minimum absolute atomic E-state index is 0.0263. The first-order valence-electron chi connectivity index (χ1n) is 8.81. The van der Waals surface area contributed by atoms with E-state index in [1.165, 1.54) is 18.5 Å². The number of carbonyl (C=O) groups is 1. The molecular formula is C20H18F3N3O3S. The Labute approximate surface area is 172 Å². The summed E-state index contributed by atoms with van der Waals surface area (Å²) in [5.74, 6) is -0.396. The van der Waals surface area contributed by atoms with Crippen LogP contribution in [0.15, 0.2) is 59.9 Å². The van der Waals surface area contributed by atoms with Gasteiger partial charge in [0.05, 0.1) is 27.9 Å². The average Bonchev–Trinajstić information content (AvgIpc) is 3.17. The molecule has 0 unspecified atom stereocenters. The summed E-state index contributed by atoms with van der Waals surface area (Å²) in [6.07, 6.45) is -1.62. The van der Waals surface area contributed by atoms with E-state index >= 15 is 0 Å². The number of anilines is 1. The van der Waals surface area contributed by atoms with Crippen molar-refractivity contribution in [2.75, 3.05) is 11.9 Å². The fourth-order valence-corrected chi connectivity index (χ4v) is 3.89. The Hall–Kier alpha value is -3.14. The number of carbonyl (C=O) groups excluding carboxylic acids is 1. The molecule has 6 nitrogen and oxygen atoms in total. The maximum absolute atomic E-state index is 12.9. The van der Waals surface area contributed by atoms with Crippen LogP contribution in [0.25, 0.3) is 0 Å². The summed E-state index contributed by atoms with van der Waals surface area (Å²) < 4.78 is 54.9. The first-order valence-corrected chi connectivity index (χ1v) is 10.1. The van der Waals surface area contributed by atoms with E-state index in [0.29, 0.717) is 22.5 Å². The van der Waals surface area contributed by atoms with E-state index < -0.39 is 23.6 Å². The van der Waals surface area contributed by atoms with Gasteiger partial charge in [-0.15, -0.1) is 0 Å². The molecule has 1 aromatic carbocycles. The highest BCUT2D eigenvalue weighted by atomic mass is 32.2. The van der Waals surface area contributed by atoms with Crippen LogP contribution in [-0.2, 0) is 16.6 Å². The summed E-state index contributed by atoms with van der Waals surface area (Å²) >= 11 is 0. The van der Waals surface area contributed by atoms with E-state index in [2.05, 4.69) is 15.3 Å². The largest absolute Gasteiger partial charge is 0.484 e. The number of nitrogens with zero attached hydrogens (tertiary/aromatic N) is 1. The third-order valence-corrected chi connectivity index (χ3v) is 5.47. The van der Waals surface area contributed by atoms with E-state index in [9.17, 15) is 22.2 Å². The Bertz CT molecular complexity index is 1050. The van der Waals surface area contributed by atoms with E-state index in [1.54, 1.807) is 43.3 Å². The fraction of sp³-hybridized carbons (Fsp3) is 0.200. The number of nitrogens with one attached hydrogen (secondary N) is 2. The van der Waals surface area contributed by atoms with Gasteiger partial charge in [0, 0.05) is 23.5 Å². The van der Waals surface area contributed by atoms with Gasteiger partial charge >= 0.3 is 6.18 Å². The van der Waals surface area contributed by atoms with Crippen molar-refractivity contribution in [2.24, 2.45) is 0 Å². The van der Waals surface area contributed by atoms with Crippen molar-refractivity contribution in [3.63, 3.8) is 0 Å². The number of hydrogen-bond acceptors (Lipinski definition) is 4. The summed E-state index contributed by atoms with van der Waals surface area (Å²) in [5, 5.41) is 2.98. The molecule has 3 rings (SSSR count). The van der Waals surface area contributed by atoms with Gasteiger partial charge in [0.25, 0.3) is 5.91 Å². The van der Waals surface area contributed by atoms with Crippen molar-refractivity contribution in [2.45, 2.75) is 23.9 Å². The quantitative estimate of drug-likeness (QED) is 0.580. The lowest BCUT2D eigenvalue weighted by molar-refractivity contribution is -0.153. The van der Waals surface area contributed by atoms with Gasteiger partial charge < -0.3 is 15.0 Å². The minimum Gasteiger partial charge on any atom is -0.484 e. The normalized spacial score (nSPS) is 12.4. The molecule has 0 radical (unpaired) electrons. The van der Waals surface area contributed by atoms with Crippen molar-refractivity contribution in [3.8, 4) is 5.75 Å². The summed E-state index contributed by atoms with van der Waals surface area (Å²) in [4.78, 5) is 19.3. The monoisotopic (exact) mass is 437 g/mol. The first kappa shape index (κ1) is 21.6. The van der Waals surface area contributed by atoms with Crippen LogP contribution >= 0.6 is 0 Å². The smallest absolute Gasteiger partial charge is 0.422 e. The zero-order chi connectivity index (χ0) is 21.7. The molecule has 0 saturated heterocycles. The van der Waals surface area contributed by atoms with Crippen LogP contribution < -0.4 is 10.1 Å². The Balaban J connectivity index is 1.73. The topological polar surface area (TPSA) is 84.1 Å². The summed E-state index contributed by atoms with van der Waals surface area (Å²) in [6.45, 7) is 0.130. The number of amides is 1. The van der Waals surface area contributed by atoms with Crippen LogP contribution in [0.2, 0.25) is 0 Å². The third-order valence-electron chi connectivity index (χ3n) is 4.14. The molecule has 2 heterocycles. The molecular weight excluding hydrogens is 419 g/mol. The van der Waals surface area contributed by atoms with Gasteiger partial charge in [0.15, 0.2) is 6.61 Å². The van der Waals surface area contributed by atoms with Crippen LogP contribution in [0.1, 0.15) is 21.6 Å². The Morgan fingerprint density at radius 3 is 2.63 bits per heavy atom. The van der Waals surface area contributed by atoms with Gasteiger partial charge in [-0.2, -0.15) is 13.2 Å². The second kappa shape index (κ2) is 9.12. The lowest BCUT2D eigenvalue weighted by Gasteiger charge is -2.13. The maximum atomic E-state index is 12.9. The van der Waals surface area contributed by atoms with Crippen LogP contribution in [0.3, 0.4) is 0 Å². The standard InChI is InChI=1S/C20H18F3N3O3S/c1-13-16(24-10-8-17(13)29-12-20(21,22)23)11-30(28)19-15(7-9-25-19)26-18(27)14-5-3-2-4-6-14/h2-10,25H,11-12H2,1H3,(H,26,27)/t30-/m1/s1. The number of aromatic nitrogens is 2. The van der Waals surface area contributed by atoms with Gasteiger partial charge in [0.2, 0.25) is 0 Å². The second-order valence-electron chi connectivity index (χ2n) is 6.32. The minimum atomic E-state index is -4.46. The number of benzene rings is 1. The molecule has 2 aromatic heterocycles. The molecule has 0 aliphatic heterocycles. The van der Waals surface area contributed by atoms with Crippen LogP contribution in [0.5, 0.6) is 5.75 Å². The molecule has 0 fully saturated rings. The summed E-state index contributed by atoms with van der Waals surface area (Å²) in [7, 11) is -1.64. The van der Waals surface area contributed by atoms with Crippen molar-refractivity contribution in [1.29, 1.82) is 0 Å². The predicted molar refractivity (Wildman–Crippen MR) is 106 cm³/mol. The van der Waals surface area contributed by atoms with E-state index in [4.69, 9.17) is 4.74 Å². The Morgan fingerprint density at radius 2 is 1.93 bits per heavy atom. The Kier molecular flexibility index (Phi) is 6.56. The summed E-state index contributed by atoms with van der Waals surface area (Å²) in [5.41, 5.74) is 1.51. The number of pyridine rings is 1. The molecule has 158 valence electrons. The van der Waals surface area contributed by atoms with Crippen LogP contribution in [-0.4, -0.2) is 32.9 Å². The Morgan fingerprint density at radius 1 is 1.20 bits per heavy atom.